The van der Waals surface area contributed by atoms with Crippen molar-refractivity contribution in [3.05, 3.63) is 35.3 Å². The molecule has 0 spiro atoms. The summed E-state index contributed by atoms with van der Waals surface area (Å²) in [6.07, 6.45) is 1.16. The first-order chi connectivity index (χ1) is 9.20. The standard InChI is InChI=1S/C15H21N3S/c1-4-9-16-10-13-11-19-15(17-13)12-5-7-14(8-6-12)18(2)3/h5-8,11,16H,4,9-10H2,1-3H3. The van der Waals surface area contributed by atoms with Crippen molar-refractivity contribution in [2.75, 3.05) is 25.5 Å². The van der Waals surface area contributed by atoms with Crippen molar-refractivity contribution in [2.24, 2.45) is 0 Å². The fourth-order valence-corrected chi connectivity index (χ4v) is 2.64. The molecule has 0 unspecified atom stereocenters. The molecule has 0 bridgehead atoms. The molecule has 1 N–H and O–H groups in total. The number of thiazole rings is 1. The average molecular weight is 275 g/mol. The fraction of sp³-hybridized carbons (Fsp3) is 0.400. The summed E-state index contributed by atoms with van der Waals surface area (Å²) in [5, 5.41) is 6.61. The zero-order valence-electron chi connectivity index (χ0n) is 11.8. The van der Waals surface area contributed by atoms with Crippen LogP contribution in [0.2, 0.25) is 0 Å². The Kier molecular flexibility index (Phi) is 4.93. The average Bonchev–Trinajstić information content (AvgIpc) is 2.88. The number of nitrogens with one attached hydrogen (secondary N) is 1. The number of nitrogens with zero attached hydrogens (tertiary/aromatic N) is 2. The van der Waals surface area contributed by atoms with Crippen molar-refractivity contribution in [3.8, 4) is 10.6 Å². The molecule has 0 fully saturated rings. The smallest absolute Gasteiger partial charge is 0.123 e. The molecule has 0 radical (unpaired) electrons. The van der Waals surface area contributed by atoms with E-state index < -0.39 is 0 Å². The Balaban J connectivity index is 2.05. The van der Waals surface area contributed by atoms with Gasteiger partial charge in [0.05, 0.1) is 5.69 Å². The van der Waals surface area contributed by atoms with Gasteiger partial charge in [-0.1, -0.05) is 6.92 Å². The van der Waals surface area contributed by atoms with E-state index >= 15 is 0 Å². The second kappa shape index (κ2) is 6.68. The second-order valence-electron chi connectivity index (χ2n) is 4.76. The van der Waals surface area contributed by atoms with Crippen LogP contribution in [0.15, 0.2) is 29.6 Å². The largest absolute Gasteiger partial charge is 0.378 e. The van der Waals surface area contributed by atoms with E-state index in [0.29, 0.717) is 0 Å². The normalized spacial score (nSPS) is 10.7. The number of aromatic nitrogens is 1. The van der Waals surface area contributed by atoms with Gasteiger partial charge in [-0.05, 0) is 37.2 Å². The zero-order chi connectivity index (χ0) is 13.7. The Morgan fingerprint density at radius 2 is 1.95 bits per heavy atom. The van der Waals surface area contributed by atoms with Crippen molar-refractivity contribution in [1.29, 1.82) is 0 Å². The van der Waals surface area contributed by atoms with Gasteiger partial charge in [0, 0.05) is 37.3 Å². The SMILES string of the molecule is CCCNCc1csc(-c2ccc(N(C)C)cc2)n1. The first kappa shape index (κ1) is 14.0. The lowest BCUT2D eigenvalue weighted by Gasteiger charge is -2.11. The summed E-state index contributed by atoms with van der Waals surface area (Å²) in [4.78, 5) is 6.77. The van der Waals surface area contributed by atoms with E-state index in [1.807, 2.05) is 0 Å². The monoisotopic (exact) mass is 275 g/mol. The summed E-state index contributed by atoms with van der Waals surface area (Å²) < 4.78 is 0. The molecule has 102 valence electrons. The third-order valence-corrected chi connectivity index (χ3v) is 3.86. The van der Waals surface area contributed by atoms with Crippen LogP contribution in [0.25, 0.3) is 10.6 Å². The van der Waals surface area contributed by atoms with Crippen LogP contribution < -0.4 is 10.2 Å². The molecule has 3 nitrogen and oxygen atoms in total. The van der Waals surface area contributed by atoms with Crippen LogP contribution in [-0.2, 0) is 6.54 Å². The molecule has 0 aliphatic carbocycles. The lowest BCUT2D eigenvalue weighted by atomic mass is 10.2. The van der Waals surface area contributed by atoms with Gasteiger partial charge in [-0.2, -0.15) is 0 Å². The zero-order valence-corrected chi connectivity index (χ0v) is 12.6. The Labute approximate surface area is 119 Å². The maximum Gasteiger partial charge on any atom is 0.123 e. The molecule has 0 saturated carbocycles. The van der Waals surface area contributed by atoms with E-state index in [1.165, 1.54) is 11.3 Å². The van der Waals surface area contributed by atoms with Gasteiger partial charge in [0.25, 0.3) is 0 Å². The summed E-state index contributed by atoms with van der Waals surface area (Å²) in [5.74, 6) is 0. The summed E-state index contributed by atoms with van der Waals surface area (Å²) in [7, 11) is 4.10. The van der Waals surface area contributed by atoms with E-state index in [-0.39, 0.29) is 0 Å². The summed E-state index contributed by atoms with van der Waals surface area (Å²) >= 11 is 1.71. The molecule has 4 heteroatoms. The van der Waals surface area contributed by atoms with E-state index in [1.54, 1.807) is 11.3 Å². The van der Waals surface area contributed by atoms with Gasteiger partial charge >= 0.3 is 0 Å². The molecule has 19 heavy (non-hydrogen) atoms. The first-order valence-corrected chi connectivity index (χ1v) is 7.51. The molecular weight excluding hydrogens is 254 g/mol. The quantitative estimate of drug-likeness (QED) is 0.819. The molecule has 2 rings (SSSR count). The molecule has 1 aromatic heterocycles. The number of hydrogen-bond acceptors (Lipinski definition) is 4. The maximum absolute atomic E-state index is 4.67. The van der Waals surface area contributed by atoms with Crippen molar-refractivity contribution in [2.45, 2.75) is 19.9 Å². The lowest BCUT2D eigenvalue weighted by Crippen LogP contribution is -2.13. The molecule has 0 aliphatic rings. The fourth-order valence-electron chi connectivity index (χ4n) is 1.82. The van der Waals surface area contributed by atoms with Crippen LogP contribution >= 0.6 is 11.3 Å². The van der Waals surface area contributed by atoms with Crippen molar-refractivity contribution in [3.63, 3.8) is 0 Å². The third kappa shape index (κ3) is 3.78. The topological polar surface area (TPSA) is 28.2 Å². The highest BCUT2D eigenvalue weighted by molar-refractivity contribution is 7.13. The summed E-state index contributed by atoms with van der Waals surface area (Å²) in [6.45, 7) is 4.08. The highest BCUT2D eigenvalue weighted by Gasteiger charge is 2.05. The minimum atomic E-state index is 0.861. The minimum Gasteiger partial charge on any atom is -0.378 e. The Morgan fingerprint density at radius 3 is 2.58 bits per heavy atom. The van der Waals surface area contributed by atoms with Crippen LogP contribution in [0.1, 0.15) is 19.0 Å². The molecule has 0 amide bonds. The van der Waals surface area contributed by atoms with E-state index in [2.05, 4.69) is 65.9 Å². The lowest BCUT2D eigenvalue weighted by molar-refractivity contribution is 0.667. The molecule has 1 heterocycles. The van der Waals surface area contributed by atoms with Gasteiger partial charge in [-0.25, -0.2) is 4.98 Å². The molecule has 2 aromatic rings. The van der Waals surface area contributed by atoms with Crippen molar-refractivity contribution >= 4 is 17.0 Å². The Bertz CT molecular complexity index is 502. The summed E-state index contributed by atoms with van der Waals surface area (Å²) in [6, 6.07) is 8.53. The Morgan fingerprint density at radius 1 is 1.21 bits per heavy atom. The molecular formula is C15H21N3S. The van der Waals surface area contributed by atoms with Gasteiger partial charge in [0.15, 0.2) is 0 Å². The second-order valence-corrected chi connectivity index (χ2v) is 5.62. The molecule has 0 aliphatic heterocycles. The van der Waals surface area contributed by atoms with Crippen LogP contribution in [0.3, 0.4) is 0 Å². The minimum absolute atomic E-state index is 0.861. The van der Waals surface area contributed by atoms with Crippen LogP contribution in [0.4, 0.5) is 5.69 Å². The Hall–Kier alpha value is -1.39. The van der Waals surface area contributed by atoms with Crippen LogP contribution in [-0.4, -0.2) is 25.6 Å². The molecule has 0 saturated heterocycles. The van der Waals surface area contributed by atoms with Gasteiger partial charge < -0.3 is 10.2 Å². The van der Waals surface area contributed by atoms with E-state index in [4.69, 9.17) is 0 Å². The van der Waals surface area contributed by atoms with Gasteiger partial charge in [0.2, 0.25) is 0 Å². The number of rotatable bonds is 6. The highest BCUT2D eigenvalue weighted by atomic mass is 32.1. The highest BCUT2D eigenvalue weighted by Crippen LogP contribution is 2.25. The molecule has 1 aromatic carbocycles. The van der Waals surface area contributed by atoms with Crippen molar-refractivity contribution in [1.82, 2.24) is 10.3 Å². The van der Waals surface area contributed by atoms with E-state index in [9.17, 15) is 0 Å². The number of benzene rings is 1. The molecule has 0 atom stereocenters. The van der Waals surface area contributed by atoms with Crippen LogP contribution in [0, 0.1) is 0 Å². The van der Waals surface area contributed by atoms with Crippen LogP contribution in [0.5, 0.6) is 0 Å². The predicted octanol–water partition coefficient (Wildman–Crippen LogP) is 3.38. The van der Waals surface area contributed by atoms with Gasteiger partial charge in [-0.15, -0.1) is 11.3 Å². The van der Waals surface area contributed by atoms with Gasteiger partial charge in [-0.3, -0.25) is 0 Å². The summed E-state index contributed by atoms with van der Waals surface area (Å²) in [5.41, 5.74) is 3.53. The van der Waals surface area contributed by atoms with Crippen molar-refractivity contribution < 1.29 is 0 Å². The van der Waals surface area contributed by atoms with E-state index in [0.717, 1.165) is 30.2 Å². The third-order valence-electron chi connectivity index (χ3n) is 2.92. The number of anilines is 1. The predicted molar refractivity (Wildman–Crippen MR) is 83.9 cm³/mol. The number of hydrogen-bond donors (Lipinski definition) is 1. The maximum atomic E-state index is 4.67. The van der Waals surface area contributed by atoms with Gasteiger partial charge in [0.1, 0.15) is 5.01 Å². The first-order valence-electron chi connectivity index (χ1n) is 6.63.